The maximum absolute atomic E-state index is 12.4. The van der Waals surface area contributed by atoms with Gasteiger partial charge in [-0.15, -0.1) is 11.3 Å². The molecule has 0 radical (unpaired) electrons. The van der Waals surface area contributed by atoms with Crippen molar-refractivity contribution < 1.29 is 23.9 Å². The molecule has 1 amide bonds. The van der Waals surface area contributed by atoms with Gasteiger partial charge in [0.05, 0.1) is 27.8 Å². The smallest absolute Gasteiger partial charge is 0.308 e. The molecule has 0 spiro atoms. The molecule has 0 unspecified atom stereocenters. The third-order valence-electron chi connectivity index (χ3n) is 5.44. The van der Waals surface area contributed by atoms with Crippen molar-refractivity contribution >= 4 is 40.6 Å². The molecule has 0 aliphatic heterocycles. The highest BCUT2D eigenvalue weighted by molar-refractivity contribution is 7.17. The highest BCUT2D eigenvalue weighted by Gasteiger charge is 2.28. The van der Waals surface area contributed by atoms with Gasteiger partial charge >= 0.3 is 5.97 Å². The lowest BCUT2D eigenvalue weighted by Gasteiger charge is -2.27. The maximum Gasteiger partial charge on any atom is 0.308 e. The quantitative estimate of drug-likeness (QED) is 0.285. The van der Waals surface area contributed by atoms with Crippen molar-refractivity contribution in [2.24, 2.45) is 5.92 Å². The Kier molecular flexibility index (Phi) is 9.11. The van der Waals surface area contributed by atoms with Crippen molar-refractivity contribution in [2.75, 3.05) is 13.2 Å². The number of Topliss-reactive ketones (excluding diaryl/α,β-unsaturated/α-hetero) is 1. The van der Waals surface area contributed by atoms with E-state index in [0.29, 0.717) is 40.8 Å². The zero-order chi connectivity index (χ0) is 22.9. The number of thiophene rings is 1. The number of carbonyl (C=O) groups excluding carboxylic acids is 3. The summed E-state index contributed by atoms with van der Waals surface area (Å²) in [5.74, 6) is 0.446. The minimum atomic E-state index is -0.174. The largest absolute Gasteiger partial charge is 0.490 e. The number of amides is 1. The Hall–Kier alpha value is -2.38. The lowest BCUT2D eigenvalue weighted by atomic mass is 9.87. The summed E-state index contributed by atoms with van der Waals surface area (Å²) >= 11 is 7.06. The standard InChI is InChI=1S/C24H28ClNO5S/c1-2-30-24(29)17-7-11-19(12-8-17)31-18-9-5-16(6-10-18)20(27)4-3-15-26-23(28)21-13-14-22(25)32-21/h5-6,9-10,13-14,17,19H,2-4,7-8,11-12,15H2,1H3,(H,26,28). The Morgan fingerprint density at radius 2 is 1.78 bits per heavy atom. The first-order valence-electron chi connectivity index (χ1n) is 11.0. The van der Waals surface area contributed by atoms with Crippen LogP contribution in [0.15, 0.2) is 36.4 Å². The van der Waals surface area contributed by atoms with E-state index < -0.39 is 0 Å². The van der Waals surface area contributed by atoms with Gasteiger partial charge in [-0.25, -0.2) is 0 Å². The van der Waals surface area contributed by atoms with E-state index in [1.54, 1.807) is 24.3 Å². The summed E-state index contributed by atoms with van der Waals surface area (Å²) in [7, 11) is 0. The zero-order valence-corrected chi connectivity index (χ0v) is 19.7. The molecule has 0 saturated heterocycles. The molecule has 1 aliphatic rings. The first-order chi connectivity index (χ1) is 15.5. The second kappa shape index (κ2) is 12.0. The molecular weight excluding hydrogens is 450 g/mol. The number of benzene rings is 1. The van der Waals surface area contributed by atoms with Crippen LogP contribution < -0.4 is 10.1 Å². The monoisotopic (exact) mass is 477 g/mol. The van der Waals surface area contributed by atoms with Crippen molar-refractivity contribution in [2.45, 2.75) is 51.6 Å². The molecule has 3 rings (SSSR count). The molecule has 1 saturated carbocycles. The van der Waals surface area contributed by atoms with Crippen LogP contribution in [0.2, 0.25) is 4.34 Å². The van der Waals surface area contributed by atoms with Gasteiger partial charge in [-0.3, -0.25) is 14.4 Å². The zero-order valence-electron chi connectivity index (χ0n) is 18.1. The van der Waals surface area contributed by atoms with Crippen molar-refractivity contribution in [3.05, 3.63) is 51.2 Å². The third kappa shape index (κ3) is 7.07. The molecule has 8 heteroatoms. The van der Waals surface area contributed by atoms with Crippen molar-refractivity contribution in [1.29, 1.82) is 0 Å². The van der Waals surface area contributed by atoms with Gasteiger partial charge in [-0.1, -0.05) is 11.6 Å². The molecule has 1 aromatic heterocycles. The number of carbonyl (C=O) groups is 3. The van der Waals surface area contributed by atoms with Crippen LogP contribution in [0.25, 0.3) is 0 Å². The van der Waals surface area contributed by atoms with Gasteiger partial charge in [0.25, 0.3) is 5.91 Å². The lowest BCUT2D eigenvalue weighted by molar-refractivity contribution is -0.149. The van der Waals surface area contributed by atoms with E-state index in [0.717, 1.165) is 31.4 Å². The molecule has 1 aromatic carbocycles. The predicted octanol–water partition coefficient (Wildman–Crippen LogP) is 5.30. The third-order valence-corrected chi connectivity index (χ3v) is 6.67. The van der Waals surface area contributed by atoms with E-state index in [1.165, 1.54) is 11.3 Å². The number of nitrogens with one attached hydrogen (secondary N) is 1. The van der Waals surface area contributed by atoms with E-state index in [9.17, 15) is 14.4 Å². The average Bonchev–Trinajstić information content (AvgIpc) is 3.24. The van der Waals surface area contributed by atoms with Crippen LogP contribution >= 0.6 is 22.9 Å². The summed E-state index contributed by atoms with van der Waals surface area (Å²) in [6.07, 6.45) is 4.16. The molecule has 2 aromatic rings. The second-order valence-corrected chi connectivity index (χ2v) is 9.47. The molecule has 1 aliphatic carbocycles. The van der Waals surface area contributed by atoms with Gasteiger partial charge < -0.3 is 14.8 Å². The fraction of sp³-hybridized carbons (Fsp3) is 0.458. The average molecular weight is 478 g/mol. The van der Waals surface area contributed by atoms with Crippen LogP contribution in [0.5, 0.6) is 5.75 Å². The van der Waals surface area contributed by atoms with E-state index in [-0.39, 0.29) is 29.7 Å². The minimum Gasteiger partial charge on any atom is -0.490 e. The van der Waals surface area contributed by atoms with Crippen molar-refractivity contribution in [3.8, 4) is 5.75 Å². The topological polar surface area (TPSA) is 81.7 Å². The number of esters is 1. The van der Waals surface area contributed by atoms with Crippen molar-refractivity contribution in [3.63, 3.8) is 0 Å². The summed E-state index contributed by atoms with van der Waals surface area (Å²) in [4.78, 5) is 36.8. The van der Waals surface area contributed by atoms with Crippen LogP contribution in [0.4, 0.5) is 0 Å². The number of ether oxygens (including phenoxy) is 2. The molecule has 1 N–H and O–H groups in total. The molecule has 0 atom stereocenters. The van der Waals surface area contributed by atoms with Crippen LogP contribution in [0.3, 0.4) is 0 Å². The van der Waals surface area contributed by atoms with E-state index in [2.05, 4.69) is 5.32 Å². The molecule has 6 nitrogen and oxygen atoms in total. The molecule has 1 heterocycles. The fourth-order valence-electron chi connectivity index (χ4n) is 3.71. The van der Waals surface area contributed by atoms with Crippen LogP contribution in [-0.4, -0.2) is 36.9 Å². The second-order valence-electron chi connectivity index (χ2n) is 7.75. The Morgan fingerprint density at radius 3 is 2.41 bits per heavy atom. The van der Waals surface area contributed by atoms with Gasteiger partial charge in [0.15, 0.2) is 5.78 Å². The highest BCUT2D eigenvalue weighted by atomic mass is 35.5. The van der Waals surface area contributed by atoms with E-state index >= 15 is 0 Å². The van der Waals surface area contributed by atoms with E-state index in [1.807, 2.05) is 19.1 Å². The summed E-state index contributed by atoms with van der Waals surface area (Å²) in [5.41, 5.74) is 0.625. The minimum absolute atomic E-state index is 0.0253. The van der Waals surface area contributed by atoms with Gasteiger partial charge in [-0.2, -0.15) is 0 Å². The number of ketones is 1. The number of rotatable bonds is 10. The normalized spacial score (nSPS) is 18.1. The summed E-state index contributed by atoms with van der Waals surface area (Å²) in [5, 5.41) is 2.80. The van der Waals surface area contributed by atoms with E-state index in [4.69, 9.17) is 21.1 Å². The van der Waals surface area contributed by atoms with Crippen LogP contribution in [0, 0.1) is 5.92 Å². The number of hydrogen-bond acceptors (Lipinski definition) is 6. The van der Waals surface area contributed by atoms with Crippen LogP contribution in [-0.2, 0) is 9.53 Å². The molecule has 0 bridgehead atoms. The van der Waals surface area contributed by atoms with Crippen molar-refractivity contribution in [1.82, 2.24) is 5.32 Å². The molecule has 32 heavy (non-hydrogen) atoms. The lowest BCUT2D eigenvalue weighted by Crippen LogP contribution is -2.29. The maximum atomic E-state index is 12.4. The summed E-state index contributed by atoms with van der Waals surface area (Å²) < 4.78 is 11.7. The summed E-state index contributed by atoms with van der Waals surface area (Å²) in [6, 6.07) is 10.5. The Labute approximate surface area is 197 Å². The van der Waals surface area contributed by atoms with Gasteiger partial charge in [0.1, 0.15) is 5.75 Å². The molecule has 172 valence electrons. The van der Waals surface area contributed by atoms with Gasteiger partial charge in [-0.05, 0) is 75.4 Å². The SMILES string of the molecule is CCOC(=O)C1CCC(Oc2ccc(C(=O)CCCNC(=O)c3ccc(Cl)s3)cc2)CC1. The first kappa shape index (κ1) is 24.3. The Bertz CT molecular complexity index is 919. The molecular formula is C24H28ClNO5S. The number of hydrogen-bond donors (Lipinski definition) is 1. The predicted molar refractivity (Wildman–Crippen MR) is 125 cm³/mol. The number of halogens is 1. The Morgan fingerprint density at radius 1 is 1.06 bits per heavy atom. The van der Waals surface area contributed by atoms with Gasteiger partial charge in [0, 0.05) is 18.5 Å². The summed E-state index contributed by atoms with van der Waals surface area (Å²) in [6.45, 7) is 2.66. The van der Waals surface area contributed by atoms with Gasteiger partial charge in [0.2, 0.25) is 0 Å². The first-order valence-corrected chi connectivity index (χ1v) is 12.2. The Balaban J connectivity index is 1.37. The highest BCUT2D eigenvalue weighted by Crippen LogP contribution is 2.29. The van der Waals surface area contributed by atoms with Crippen LogP contribution in [0.1, 0.15) is 65.5 Å². The fourth-order valence-corrected chi connectivity index (χ4v) is 4.67. The molecule has 1 fully saturated rings.